The van der Waals surface area contributed by atoms with Gasteiger partial charge in [-0.15, -0.1) is 0 Å². The molecule has 2 aromatic rings. The number of nitrogens with one attached hydrogen (secondary N) is 2. The first-order valence-electron chi connectivity index (χ1n) is 7.36. The summed E-state index contributed by atoms with van der Waals surface area (Å²) in [7, 11) is 0. The molecule has 1 amide bonds. The predicted molar refractivity (Wildman–Crippen MR) is 84.8 cm³/mol. The van der Waals surface area contributed by atoms with E-state index >= 15 is 0 Å². The summed E-state index contributed by atoms with van der Waals surface area (Å²) in [4.78, 5) is 41.2. The number of rotatable bonds is 7. The van der Waals surface area contributed by atoms with Gasteiger partial charge in [-0.3, -0.25) is 4.79 Å². The lowest BCUT2D eigenvalue weighted by Crippen LogP contribution is -2.36. The fourth-order valence-corrected chi connectivity index (χ4v) is 2.04. The van der Waals surface area contributed by atoms with Crippen LogP contribution in [0.5, 0.6) is 0 Å². The largest absolute Gasteiger partial charge is 0.545 e. The van der Waals surface area contributed by atoms with Gasteiger partial charge < -0.3 is 30.4 Å². The molecule has 9 nitrogen and oxygen atoms in total. The number of hydrogen-bond acceptors (Lipinski definition) is 8. The number of aliphatic carboxylic acids is 2. The number of nitrogens with zero attached hydrogens (tertiary/aromatic N) is 2. The molecule has 0 atom stereocenters. The van der Waals surface area contributed by atoms with Crippen molar-refractivity contribution in [1.29, 1.82) is 0 Å². The average molecular weight is 342 g/mol. The summed E-state index contributed by atoms with van der Waals surface area (Å²) in [5.41, 5.74) is -0.0326. The number of carboxylic acid groups (broad SMARTS) is 2. The lowest BCUT2D eigenvalue weighted by molar-refractivity contribution is -0.312. The van der Waals surface area contributed by atoms with Gasteiger partial charge in [0.1, 0.15) is 12.1 Å². The molecule has 0 aliphatic carbocycles. The zero-order valence-electron chi connectivity index (χ0n) is 13.2. The first-order valence-corrected chi connectivity index (χ1v) is 7.36. The van der Waals surface area contributed by atoms with Gasteiger partial charge in [-0.2, -0.15) is 0 Å². The molecule has 0 saturated heterocycles. The van der Waals surface area contributed by atoms with Crippen molar-refractivity contribution in [3.05, 3.63) is 36.3 Å². The van der Waals surface area contributed by atoms with E-state index in [1.54, 1.807) is 18.2 Å². The summed E-state index contributed by atoms with van der Waals surface area (Å²) in [6.45, 7) is 1.88. The first kappa shape index (κ1) is 17.9. The van der Waals surface area contributed by atoms with Gasteiger partial charge in [0, 0.05) is 29.3 Å². The Morgan fingerprint density at radius 3 is 2.52 bits per heavy atom. The minimum atomic E-state index is -1.89. The van der Waals surface area contributed by atoms with Gasteiger partial charge in [0.25, 0.3) is 0 Å². The number of carbonyl (C=O) groups excluding carboxylic acids is 3. The van der Waals surface area contributed by atoms with Crippen molar-refractivity contribution in [2.24, 2.45) is 0 Å². The van der Waals surface area contributed by atoms with Gasteiger partial charge in [-0.25, -0.2) is 9.97 Å². The van der Waals surface area contributed by atoms with Crippen LogP contribution in [0.25, 0.3) is 10.9 Å². The van der Waals surface area contributed by atoms with E-state index < -0.39 is 17.5 Å². The molecule has 130 valence electrons. The smallest absolute Gasteiger partial charge is 0.224 e. The van der Waals surface area contributed by atoms with Gasteiger partial charge in [0.15, 0.2) is 0 Å². The summed E-state index contributed by atoms with van der Waals surface area (Å²) in [5.74, 6) is -3.77. The van der Waals surface area contributed by atoms with Gasteiger partial charge in [-0.1, -0.05) is 6.92 Å². The molecule has 0 spiro atoms. The molecule has 1 heterocycles. The zero-order chi connectivity index (χ0) is 18.4. The van der Waals surface area contributed by atoms with Crippen LogP contribution < -0.4 is 20.8 Å². The van der Waals surface area contributed by atoms with Crippen molar-refractivity contribution in [2.75, 3.05) is 10.6 Å². The SMILES string of the molecule is CCCC(=O)Nc1ccc2ncnc(NC=C(C(=O)[O-])C(=O)[O-])c2c1. The molecular formula is C16H14N4O5-2. The maximum atomic E-state index is 11.7. The molecule has 1 aromatic carbocycles. The third kappa shape index (κ3) is 4.50. The molecule has 0 bridgehead atoms. The van der Waals surface area contributed by atoms with Crippen LogP contribution in [0, 0.1) is 0 Å². The number of carbonyl (C=O) groups is 3. The molecule has 0 unspecified atom stereocenters. The standard InChI is InChI=1S/C16H16N4O5/c1-2-3-13(21)20-9-4-5-12-10(6-9)14(19-8-18-12)17-7-11(15(22)23)16(24)25/h4-8H,2-3H2,1H3,(H,20,21)(H,22,23)(H,24,25)(H,17,18,19)/p-2. The fraction of sp³-hybridized carbons (Fsp3) is 0.188. The molecule has 0 saturated carbocycles. The number of anilines is 2. The molecule has 9 heteroatoms. The third-order valence-corrected chi connectivity index (χ3v) is 3.19. The normalized spacial score (nSPS) is 10.1. The van der Waals surface area contributed by atoms with Crippen LogP contribution in [0.1, 0.15) is 19.8 Å². The number of carboxylic acids is 2. The van der Waals surface area contributed by atoms with Crippen LogP contribution in [0.15, 0.2) is 36.3 Å². The Morgan fingerprint density at radius 2 is 1.88 bits per heavy atom. The topological polar surface area (TPSA) is 147 Å². The van der Waals surface area contributed by atoms with Gasteiger partial charge >= 0.3 is 0 Å². The van der Waals surface area contributed by atoms with E-state index in [2.05, 4.69) is 20.6 Å². The van der Waals surface area contributed by atoms with E-state index in [0.29, 0.717) is 29.4 Å². The van der Waals surface area contributed by atoms with E-state index in [1.807, 2.05) is 6.92 Å². The molecule has 0 radical (unpaired) electrons. The van der Waals surface area contributed by atoms with E-state index in [1.165, 1.54) is 6.33 Å². The van der Waals surface area contributed by atoms with Crippen molar-refractivity contribution < 1.29 is 24.6 Å². The number of aromatic nitrogens is 2. The summed E-state index contributed by atoms with van der Waals surface area (Å²) >= 11 is 0. The van der Waals surface area contributed by atoms with Crippen LogP contribution in [0.2, 0.25) is 0 Å². The summed E-state index contributed by atoms with van der Waals surface area (Å²) in [6.07, 6.45) is 3.02. The molecule has 2 N–H and O–H groups in total. The van der Waals surface area contributed by atoms with Gasteiger partial charge in [0.05, 0.1) is 17.5 Å². The lowest BCUT2D eigenvalue weighted by Gasteiger charge is -2.11. The minimum Gasteiger partial charge on any atom is -0.545 e. The Kier molecular flexibility index (Phi) is 5.62. The van der Waals surface area contributed by atoms with Crippen molar-refractivity contribution >= 4 is 40.3 Å². The minimum absolute atomic E-state index is 0.149. The predicted octanol–water partition coefficient (Wildman–Crippen LogP) is -0.836. The molecule has 0 aliphatic heterocycles. The summed E-state index contributed by atoms with van der Waals surface area (Å²) < 4.78 is 0. The molecule has 1 aromatic heterocycles. The van der Waals surface area contributed by atoms with E-state index in [4.69, 9.17) is 0 Å². The Bertz CT molecular complexity index is 847. The average Bonchev–Trinajstić information content (AvgIpc) is 2.54. The van der Waals surface area contributed by atoms with Crippen molar-refractivity contribution in [3.63, 3.8) is 0 Å². The van der Waals surface area contributed by atoms with Crippen LogP contribution >= 0.6 is 0 Å². The van der Waals surface area contributed by atoms with Crippen LogP contribution in [0.4, 0.5) is 11.5 Å². The van der Waals surface area contributed by atoms with Crippen molar-refractivity contribution in [2.45, 2.75) is 19.8 Å². The monoisotopic (exact) mass is 342 g/mol. The second-order valence-corrected chi connectivity index (χ2v) is 5.03. The highest BCUT2D eigenvalue weighted by molar-refractivity contribution is 6.11. The van der Waals surface area contributed by atoms with Gasteiger partial charge in [-0.05, 0) is 24.6 Å². The molecule has 0 fully saturated rings. The molecular weight excluding hydrogens is 328 g/mol. The second kappa shape index (κ2) is 7.86. The number of benzene rings is 1. The first-order chi connectivity index (χ1) is 11.9. The van der Waals surface area contributed by atoms with Crippen LogP contribution in [0.3, 0.4) is 0 Å². The van der Waals surface area contributed by atoms with Crippen LogP contribution in [-0.4, -0.2) is 27.8 Å². The second-order valence-electron chi connectivity index (χ2n) is 5.03. The van der Waals surface area contributed by atoms with Crippen molar-refractivity contribution in [3.8, 4) is 0 Å². The lowest BCUT2D eigenvalue weighted by atomic mass is 10.2. The summed E-state index contributed by atoms with van der Waals surface area (Å²) in [6, 6.07) is 4.90. The fourth-order valence-electron chi connectivity index (χ4n) is 2.04. The third-order valence-electron chi connectivity index (χ3n) is 3.19. The highest BCUT2D eigenvalue weighted by atomic mass is 16.4. The number of hydrogen-bond donors (Lipinski definition) is 2. The van der Waals surface area contributed by atoms with E-state index in [0.717, 1.165) is 6.20 Å². The highest BCUT2D eigenvalue weighted by Crippen LogP contribution is 2.23. The Balaban J connectivity index is 2.36. The van der Waals surface area contributed by atoms with E-state index in [9.17, 15) is 24.6 Å². The highest BCUT2D eigenvalue weighted by Gasteiger charge is 2.07. The molecule has 2 rings (SSSR count). The maximum absolute atomic E-state index is 11.7. The quantitative estimate of drug-likeness (QED) is 0.376. The Hall–Kier alpha value is -3.49. The molecule has 0 aliphatic rings. The zero-order valence-corrected chi connectivity index (χ0v) is 13.2. The van der Waals surface area contributed by atoms with E-state index in [-0.39, 0.29) is 11.7 Å². The Labute approximate surface area is 142 Å². The Morgan fingerprint density at radius 1 is 1.16 bits per heavy atom. The van der Waals surface area contributed by atoms with Crippen molar-refractivity contribution in [1.82, 2.24) is 9.97 Å². The summed E-state index contributed by atoms with van der Waals surface area (Å²) in [5, 5.41) is 27.2. The van der Waals surface area contributed by atoms with Gasteiger partial charge in [0.2, 0.25) is 5.91 Å². The maximum Gasteiger partial charge on any atom is 0.224 e. The molecule has 25 heavy (non-hydrogen) atoms. The number of fused-ring (bicyclic) bond motifs is 1. The number of amides is 1. The van der Waals surface area contributed by atoms with Crippen LogP contribution in [-0.2, 0) is 14.4 Å².